The molecule has 0 spiro atoms. The van der Waals surface area contributed by atoms with E-state index in [4.69, 9.17) is 11.6 Å². The summed E-state index contributed by atoms with van der Waals surface area (Å²) in [4.78, 5) is 6.96. The first kappa shape index (κ1) is 13.3. The van der Waals surface area contributed by atoms with Gasteiger partial charge < -0.3 is 4.90 Å². The molecule has 0 aliphatic rings. The number of aromatic nitrogens is 1. The molecule has 0 atom stereocenters. The van der Waals surface area contributed by atoms with Crippen LogP contribution in [-0.2, 0) is 5.88 Å². The summed E-state index contributed by atoms with van der Waals surface area (Å²) in [5, 5.41) is 0. The van der Waals surface area contributed by atoms with Gasteiger partial charge in [-0.15, -0.1) is 11.6 Å². The fraction of sp³-hybridized carbons (Fsp3) is 0.615. The highest BCUT2D eigenvalue weighted by molar-refractivity contribution is 6.17. The molecule has 0 aromatic carbocycles. The summed E-state index contributed by atoms with van der Waals surface area (Å²) in [5.74, 6) is 1.62. The normalized spacial score (nSPS) is 10.5. The Morgan fingerprint density at radius 2 is 1.81 bits per heavy atom. The lowest BCUT2D eigenvalue weighted by Gasteiger charge is -2.23. The van der Waals surface area contributed by atoms with E-state index >= 15 is 0 Å². The SMILES string of the molecule is CCCN(CCC)c1ccc(CCl)c(C)n1. The maximum Gasteiger partial charge on any atom is 0.128 e. The summed E-state index contributed by atoms with van der Waals surface area (Å²) in [6.45, 7) is 8.56. The van der Waals surface area contributed by atoms with Gasteiger partial charge in [0.15, 0.2) is 0 Å². The number of alkyl halides is 1. The zero-order valence-electron chi connectivity index (χ0n) is 10.5. The third-order valence-corrected chi connectivity index (χ3v) is 2.92. The van der Waals surface area contributed by atoms with Crippen molar-refractivity contribution in [1.82, 2.24) is 4.98 Å². The van der Waals surface area contributed by atoms with E-state index in [-0.39, 0.29) is 0 Å². The van der Waals surface area contributed by atoms with Gasteiger partial charge in [0.2, 0.25) is 0 Å². The number of nitrogens with zero attached hydrogens (tertiary/aromatic N) is 2. The molecule has 0 saturated heterocycles. The summed E-state index contributed by atoms with van der Waals surface area (Å²) < 4.78 is 0. The van der Waals surface area contributed by atoms with Crippen molar-refractivity contribution in [3.05, 3.63) is 23.4 Å². The van der Waals surface area contributed by atoms with E-state index in [9.17, 15) is 0 Å². The van der Waals surface area contributed by atoms with Crippen molar-refractivity contribution in [2.75, 3.05) is 18.0 Å². The van der Waals surface area contributed by atoms with Gasteiger partial charge in [0, 0.05) is 24.7 Å². The number of aryl methyl sites for hydroxylation is 1. The molecule has 2 nitrogen and oxygen atoms in total. The minimum absolute atomic E-state index is 0.542. The summed E-state index contributed by atoms with van der Waals surface area (Å²) in [6, 6.07) is 4.17. The quantitative estimate of drug-likeness (QED) is 0.704. The van der Waals surface area contributed by atoms with E-state index < -0.39 is 0 Å². The van der Waals surface area contributed by atoms with Gasteiger partial charge in [-0.1, -0.05) is 19.9 Å². The van der Waals surface area contributed by atoms with Gasteiger partial charge in [0.05, 0.1) is 0 Å². The maximum atomic E-state index is 5.83. The number of anilines is 1. The minimum atomic E-state index is 0.542. The van der Waals surface area contributed by atoms with Crippen LogP contribution in [0.1, 0.15) is 37.9 Å². The molecule has 1 aromatic heterocycles. The molecule has 16 heavy (non-hydrogen) atoms. The lowest BCUT2D eigenvalue weighted by Crippen LogP contribution is -2.26. The van der Waals surface area contributed by atoms with E-state index in [1.165, 1.54) is 0 Å². The van der Waals surface area contributed by atoms with Crippen molar-refractivity contribution in [2.24, 2.45) is 0 Å². The van der Waals surface area contributed by atoms with Crippen LogP contribution in [0.3, 0.4) is 0 Å². The molecule has 90 valence electrons. The summed E-state index contributed by atoms with van der Waals surface area (Å²) in [7, 11) is 0. The third-order valence-electron chi connectivity index (χ3n) is 2.64. The van der Waals surface area contributed by atoms with Crippen molar-refractivity contribution >= 4 is 17.4 Å². The predicted molar refractivity (Wildman–Crippen MR) is 71.3 cm³/mol. The molecule has 0 unspecified atom stereocenters. The molecule has 1 rings (SSSR count). The summed E-state index contributed by atoms with van der Waals surface area (Å²) in [5.41, 5.74) is 2.17. The first-order chi connectivity index (χ1) is 7.72. The lowest BCUT2D eigenvalue weighted by molar-refractivity contribution is 0.732. The minimum Gasteiger partial charge on any atom is -0.357 e. The van der Waals surface area contributed by atoms with Crippen LogP contribution in [0.4, 0.5) is 5.82 Å². The van der Waals surface area contributed by atoms with Crippen LogP contribution in [0.2, 0.25) is 0 Å². The zero-order valence-corrected chi connectivity index (χ0v) is 11.2. The van der Waals surface area contributed by atoms with Gasteiger partial charge in [0.1, 0.15) is 5.82 Å². The number of hydrogen-bond donors (Lipinski definition) is 0. The zero-order chi connectivity index (χ0) is 12.0. The van der Waals surface area contributed by atoms with Gasteiger partial charge in [-0.05, 0) is 31.4 Å². The van der Waals surface area contributed by atoms with Crippen molar-refractivity contribution in [3.8, 4) is 0 Å². The van der Waals surface area contributed by atoms with Crippen molar-refractivity contribution in [3.63, 3.8) is 0 Å². The van der Waals surface area contributed by atoms with Gasteiger partial charge in [-0.25, -0.2) is 4.98 Å². The number of pyridine rings is 1. The first-order valence-corrected chi connectivity index (χ1v) is 6.53. The van der Waals surface area contributed by atoms with E-state index in [2.05, 4.69) is 35.9 Å². The molecule has 0 bridgehead atoms. The second kappa shape index (κ2) is 6.74. The number of halogens is 1. The van der Waals surface area contributed by atoms with E-state index in [1.54, 1.807) is 0 Å². The number of rotatable bonds is 6. The van der Waals surface area contributed by atoms with Gasteiger partial charge >= 0.3 is 0 Å². The molecule has 0 aliphatic heterocycles. The van der Waals surface area contributed by atoms with E-state index in [0.717, 1.165) is 43.0 Å². The Balaban J connectivity index is 2.87. The van der Waals surface area contributed by atoms with Crippen LogP contribution in [0.15, 0.2) is 12.1 Å². The fourth-order valence-corrected chi connectivity index (χ4v) is 2.06. The standard InChI is InChI=1S/C13H21ClN2/c1-4-8-16(9-5-2)13-7-6-12(10-14)11(3)15-13/h6-7H,4-5,8-10H2,1-3H3. The van der Waals surface area contributed by atoms with Crippen molar-refractivity contribution in [1.29, 1.82) is 0 Å². The molecule has 3 heteroatoms. The highest BCUT2D eigenvalue weighted by Crippen LogP contribution is 2.16. The largest absolute Gasteiger partial charge is 0.357 e. The van der Waals surface area contributed by atoms with Crippen LogP contribution < -0.4 is 4.90 Å². The summed E-state index contributed by atoms with van der Waals surface area (Å²) >= 11 is 5.83. The fourth-order valence-electron chi connectivity index (χ4n) is 1.77. The van der Waals surface area contributed by atoms with Gasteiger partial charge in [-0.2, -0.15) is 0 Å². The Kier molecular flexibility index (Phi) is 5.61. The molecular formula is C13H21ClN2. The smallest absolute Gasteiger partial charge is 0.128 e. The lowest BCUT2D eigenvalue weighted by atomic mass is 10.2. The monoisotopic (exact) mass is 240 g/mol. The molecule has 0 amide bonds. The molecule has 0 aliphatic carbocycles. The third kappa shape index (κ3) is 3.38. The predicted octanol–water partition coefficient (Wildman–Crippen LogP) is 3.76. The van der Waals surface area contributed by atoms with Crippen LogP contribution in [0.5, 0.6) is 0 Å². The Morgan fingerprint density at radius 1 is 1.19 bits per heavy atom. The van der Waals surface area contributed by atoms with Crippen LogP contribution in [-0.4, -0.2) is 18.1 Å². The van der Waals surface area contributed by atoms with Crippen molar-refractivity contribution in [2.45, 2.75) is 39.5 Å². The van der Waals surface area contributed by atoms with Crippen LogP contribution in [0, 0.1) is 6.92 Å². The van der Waals surface area contributed by atoms with Crippen molar-refractivity contribution < 1.29 is 0 Å². The molecule has 0 N–H and O–H groups in total. The van der Waals surface area contributed by atoms with E-state index in [1.807, 2.05) is 6.92 Å². The topological polar surface area (TPSA) is 16.1 Å². The Morgan fingerprint density at radius 3 is 2.25 bits per heavy atom. The molecule has 0 fully saturated rings. The number of hydrogen-bond acceptors (Lipinski definition) is 2. The molecule has 1 aromatic rings. The first-order valence-electron chi connectivity index (χ1n) is 6.00. The Bertz CT molecular complexity index is 320. The molecule has 1 heterocycles. The highest BCUT2D eigenvalue weighted by atomic mass is 35.5. The maximum absolute atomic E-state index is 5.83. The van der Waals surface area contributed by atoms with Crippen LogP contribution >= 0.6 is 11.6 Å². The van der Waals surface area contributed by atoms with Gasteiger partial charge in [0.25, 0.3) is 0 Å². The molecule has 0 radical (unpaired) electrons. The Labute approximate surface area is 104 Å². The van der Waals surface area contributed by atoms with Crippen LogP contribution in [0.25, 0.3) is 0 Å². The second-order valence-electron chi connectivity index (χ2n) is 4.03. The Hall–Kier alpha value is -0.760. The molecular weight excluding hydrogens is 220 g/mol. The van der Waals surface area contributed by atoms with Gasteiger partial charge in [-0.3, -0.25) is 0 Å². The van der Waals surface area contributed by atoms with E-state index in [0.29, 0.717) is 5.88 Å². The highest BCUT2D eigenvalue weighted by Gasteiger charge is 2.07. The average Bonchev–Trinajstić information content (AvgIpc) is 2.28. The molecule has 0 saturated carbocycles. The second-order valence-corrected chi connectivity index (χ2v) is 4.30. The average molecular weight is 241 g/mol. The summed E-state index contributed by atoms with van der Waals surface area (Å²) in [6.07, 6.45) is 2.30.